The van der Waals surface area contributed by atoms with E-state index in [2.05, 4.69) is 57.3 Å². The molecule has 22 heavy (non-hydrogen) atoms. The van der Waals surface area contributed by atoms with E-state index in [1.165, 1.54) is 11.1 Å². The van der Waals surface area contributed by atoms with Crippen molar-refractivity contribution in [2.24, 2.45) is 0 Å². The lowest BCUT2D eigenvalue weighted by molar-refractivity contribution is 0.640. The van der Waals surface area contributed by atoms with Crippen molar-refractivity contribution < 1.29 is 0 Å². The van der Waals surface area contributed by atoms with Crippen molar-refractivity contribution >= 4 is 11.5 Å². The Morgan fingerprint density at radius 1 is 1.14 bits per heavy atom. The lowest BCUT2D eigenvalue weighted by Crippen LogP contribution is -2.39. The van der Waals surface area contributed by atoms with E-state index in [1.54, 1.807) is 12.3 Å². The van der Waals surface area contributed by atoms with Gasteiger partial charge in [-0.15, -0.1) is 0 Å². The summed E-state index contributed by atoms with van der Waals surface area (Å²) in [5.41, 5.74) is 3.16. The summed E-state index contributed by atoms with van der Waals surface area (Å²) in [5, 5.41) is 9.03. The van der Waals surface area contributed by atoms with E-state index >= 15 is 0 Å². The summed E-state index contributed by atoms with van der Waals surface area (Å²) in [6.07, 6.45) is 7.32. The summed E-state index contributed by atoms with van der Waals surface area (Å²) >= 11 is 0. The van der Waals surface area contributed by atoms with E-state index < -0.39 is 0 Å². The van der Waals surface area contributed by atoms with Crippen LogP contribution in [0.4, 0.5) is 5.95 Å². The highest BCUT2D eigenvalue weighted by Gasteiger charge is 2.38. The first-order valence-corrected chi connectivity index (χ1v) is 7.63. The molecule has 1 saturated heterocycles. The molecule has 4 rings (SSSR count). The average molecular weight is 288 g/mol. The van der Waals surface area contributed by atoms with Crippen molar-refractivity contribution in [3.05, 3.63) is 59.9 Å². The topological polar surface area (TPSA) is 52.8 Å². The molecule has 0 spiro atoms. The summed E-state index contributed by atoms with van der Waals surface area (Å²) in [6, 6.07) is 15.1. The van der Waals surface area contributed by atoms with E-state index in [0.29, 0.717) is 23.7 Å². The molecule has 2 aliphatic rings. The molecule has 2 atom stereocenters. The first-order chi connectivity index (χ1) is 10.8. The van der Waals surface area contributed by atoms with Crippen LogP contribution >= 0.6 is 0 Å². The van der Waals surface area contributed by atoms with Crippen molar-refractivity contribution in [2.75, 3.05) is 4.90 Å². The van der Waals surface area contributed by atoms with E-state index in [1.807, 2.05) is 0 Å². The van der Waals surface area contributed by atoms with Gasteiger partial charge in [0, 0.05) is 12.2 Å². The highest BCUT2D eigenvalue weighted by atomic mass is 15.3. The number of nitrogens with zero attached hydrogens (tertiary/aromatic N) is 4. The molecular weight excluding hydrogens is 272 g/mol. The molecule has 0 radical (unpaired) electrons. The molecule has 108 valence electrons. The summed E-state index contributed by atoms with van der Waals surface area (Å²) < 4.78 is 0. The Bertz CT molecular complexity index is 760. The van der Waals surface area contributed by atoms with Gasteiger partial charge < -0.3 is 4.90 Å². The summed E-state index contributed by atoms with van der Waals surface area (Å²) in [4.78, 5) is 11.0. The maximum absolute atomic E-state index is 9.03. The predicted octanol–water partition coefficient (Wildman–Crippen LogP) is 3.17. The second-order valence-corrected chi connectivity index (χ2v) is 5.82. The van der Waals surface area contributed by atoms with E-state index in [0.717, 1.165) is 19.3 Å². The Kier molecular flexibility index (Phi) is 3.12. The van der Waals surface area contributed by atoms with Crippen LogP contribution < -0.4 is 4.90 Å². The molecule has 2 unspecified atom stereocenters. The van der Waals surface area contributed by atoms with Gasteiger partial charge in [0.15, 0.2) is 0 Å². The molecule has 2 bridgehead atoms. The smallest absolute Gasteiger partial charge is 0.227 e. The SMILES string of the molecule is N#Cc1ccnc(N2C3C=C(c4ccccc4)CC2CC3)n1. The molecule has 0 amide bonds. The molecule has 3 heterocycles. The number of hydrogen-bond donors (Lipinski definition) is 0. The number of hydrogen-bond acceptors (Lipinski definition) is 4. The van der Waals surface area contributed by atoms with Gasteiger partial charge in [-0.2, -0.15) is 5.26 Å². The third-order valence-corrected chi connectivity index (χ3v) is 4.53. The lowest BCUT2D eigenvalue weighted by atomic mass is 9.95. The first-order valence-electron chi connectivity index (χ1n) is 7.63. The Balaban J connectivity index is 1.68. The van der Waals surface area contributed by atoms with Crippen LogP contribution in [0.5, 0.6) is 0 Å². The van der Waals surface area contributed by atoms with Crippen LogP contribution in [0.15, 0.2) is 48.7 Å². The van der Waals surface area contributed by atoms with Gasteiger partial charge in [0.2, 0.25) is 5.95 Å². The van der Waals surface area contributed by atoms with Crippen molar-refractivity contribution in [3.8, 4) is 6.07 Å². The van der Waals surface area contributed by atoms with Crippen molar-refractivity contribution in [1.82, 2.24) is 9.97 Å². The van der Waals surface area contributed by atoms with Crippen LogP contribution in [0.2, 0.25) is 0 Å². The van der Waals surface area contributed by atoms with E-state index in [9.17, 15) is 0 Å². The van der Waals surface area contributed by atoms with Gasteiger partial charge in [0.25, 0.3) is 0 Å². The zero-order valence-corrected chi connectivity index (χ0v) is 12.2. The molecule has 2 aromatic rings. The van der Waals surface area contributed by atoms with E-state index in [4.69, 9.17) is 5.26 Å². The van der Waals surface area contributed by atoms with Crippen LogP contribution in [0.1, 0.15) is 30.5 Å². The normalized spacial score (nSPS) is 23.0. The molecule has 1 fully saturated rings. The first kappa shape index (κ1) is 13.0. The molecule has 4 nitrogen and oxygen atoms in total. The monoisotopic (exact) mass is 288 g/mol. The number of aromatic nitrogens is 2. The van der Waals surface area contributed by atoms with Crippen molar-refractivity contribution in [1.29, 1.82) is 5.26 Å². The third kappa shape index (κ3) is 2.15. The van der Waals surface area contributed by atoms with Crippen LogP contribution in [-0.2, 0) is 0 Å². The van der Waals surface area contributed by atoms with Gasteiger partial charge in [0.1, 0.15) is 11.8 Å². The van der Waals surface area contributed by atoms with Crippen LogP contribution in [-0.4, -0.2) is 22.1 Å². The van der Waals surface area contributed by atoms with Crippen molar-refractivity contribution in [3.63, 3.8) is 0 Å². The summed E-state index contributed by atoms with van der Waals surface area (Å²) in [7, 11) is 0. The van der Waals surface area contributed by atoms with Crippen LogP contribution in [0, 0.1) is 11.3 Å². The molecule has 1 aromatic heterocycles. The predicted molar refractivity (Wildman–Crippen MR) is 85.1 cm³/mol. The average Bonchev–Trinajstić information content (AvgIpc) is 2.85. The van der Waals surface area contributed by atoms with Gasteiger partial charge >= 0.3 is 0 Å². The minimum Gasteiger partial charge on any atom is -0.331 e. The highest BCUT2D eigenvalue weighted by Crippen LogP contribution is 2.40. The van der Waals surface area contributed by atoms with E-state index in [-0.39, 0.29) is 0 Å². The van der Waals surface area contributed by atoms with Gasteiger partial charge in [-0.1, -0.05) is 36.4 Å². The molecule has 4 heteroatoms. The second kappa shape index (κ2) is 5.27. The lowest BCUT2D eigenvalue weighted by Gasteiger charge is -2.34. The third-order valence-electron chi connectivity index (χ3n) is 4.53. The summed E-state index contributed by atoms with van der Waals surface area (Å²) in [5.74, 6) is 0.690. The standard InChI is InChI=1S/C18H16N4/c19-12-15-8-9-20-18(21-15)22-16-6-7-17(22)11-14(10-16)13-4-2-1-3-5-13/h1-5,8-10,16-17H,6-7,11H2. The molecule has 0 saturated carbocycles. The van der Waals surface area contributed by atoms with Gasteiger partial charge in [-0.3, -0.25) is 0 Å². The van der Waals surface area contributed by atoms with Gasteiger partial charge in [-0.25, -0.2) is 9.97 Å². The molecule has 0 N–H and O–H groups in total. The number of rotatable bonds is 2. The quantitative estimate of drug-likeness (QED) is 0.851. The minimum absolute atomic E-state index is 0.336. The highest BCUT2D eigenvalue weighted by molar-refractivity contribution is 5.70. The van der Waals surface area contributed by atoms with Crippen LogP contribution in [0.25, 0.3) is 5.57 Å². The fraction of sp³-hybridized carbons (Fsp3) is 0.278. The van der Waals surface area contributed by atoms with Crippen molar-refractivity contribution in [2.45, 2.75) is 31.3 Å². The van der Waals surface area contributed by atoms with Gasteiger partial charge in [-0.05, 0) is 36.5 Å². The Morgan fingerprint density at radius 3 is 2.77 bits per heavy atom. The maximum atomic E-state index is 9.03. The minimum atomic E-state index is 0.336. The largest absolute Gasteiger partial charge is 0.331 e. The molecule has 2 aliphatic heterocycles. The zero-order valence-electron chi connectivity index (χ0n) is 12.2. The zero-order chi connectivity index (χ0) is 14.9. The summed E-state index contributed by atoms with van der Waals surface area (Å²) in [6.45, 7) is 0. The van der Waals surface area contributed by atoms with Gasteiger partial charge in [0.05, 0.1) is 6.04 Å². The fourth-order valence-corrected chi connectivity index (χ4v) is 3.54. The Labute approximate surface area is 129 Å². The fourth-order valence-electron chi connectivity index (χ4n) is 3.54. The molecular formula is C18H16N4. The number of anilines is 1. The maximum Gasteiger partial charge on any atom is 0.227 e. The molecule has 0 aliphatic carbocycles. The second-order valence-electron chi connectivity index (χ2n) is 5.82. The Morgan fingerprint density at radius 2 is 2.00 bits per heavy atom. The Hall–Kier alpha value is -2.67. The number of nitriles is 1. The number of fused-ring (bicyclic) bond motifs is 2. The molecule has 1 aromatic carbocycles. The van der Waals surface area contributed by atoms with Crippen LogP contribution in [0.3, 0.4) is 0 Å². The number of benzene rings is 1.